The van der Waals surface area contributed by atoms with Crippen molar-refractivity contribution in [1.29, 1.82) is 0 Å². The van der Waals surface area contributed by atoms with E-state index in [0.29, 0.717) is 12.8 Å². The van der Waals surface area contributed by atoms with Gasteiger partial charge in [-0.3, -0.25) is 4.79 Å². The summed E-state index contributed by atoms with van der Waals surface area (Å²) in [6.45, 7) is 1.47. The van der Waals surface area contributed by atoms with E-state index in [4.69, 9.17) is 28.4 Å². The fourth-order valence-electron chi connectivity index (χ4n) is 10.2. The standard InChI is InChI=1S/C68H113NO18/c1-3-5-7-9-11-13-15-16-17-18-19-20-21-22-23-24-25-26-27-28-29-30-31-32-33-34-36-38-40-42-44-46-56(74)69-51(52(73)45-43-41-39-37-35-14-12-10-8-6-4-2)50-82-66-62(80)59(77)64(54(48-71)84-66)87-68-63(81)60(78)65(55(49-72)85-68)86-67-61(79)58(76)57(75)53(47-70)83-67/h5,7-8,10-11,13,16-17,19-20,22-23,25-26,35,37,43,45,51-55,57-68,70-73,75-81H,3-4,6,9,12,14-15,18,21,24,27-34,36,38-42,44,46-50H2,1-2H3,(H,69,74)/b7-5-,10-8+,13-11-,17-16-,20-19-,23-22-,26-25-,37-35+,45-43+. The number of carbonyl (C=O) groups is 1. The maximum Gasteiger partial charge on any atom is 0.220 e. The summed E-state index contributed by atoms with van der Waals surface area (Å²) in [7, 11) is 0. The Morgan fingerprint density at radius 2 is 0.805 bits per heavy atom. The summed E-state index contributed by atoms with van der Waals surface area (Å²) in [6.07, 6.45) is 38.0. The molecule has 17 atom stereocenters. The molecule has 0 aromatic carbocycles. The maximum atomic E-state index is 13.3. The second kappa shape index (κ2) is 49.2. The molecule has 0 spiro atoms. The first-order chi connectivity index (χ1) is 42.3. The number of hydrogen-bond acceptors (Lipinski definition) is 18. The van der Waals surface area contributed by atoms with Crippen LogP contribution < -0.4 is 5.32 Å². The van der Waals surface area contributed by atoms with Crippen molar-refractivity contribution in [3.8, 4) is 0 Å². The summed E-state index contributed by atoms with van der Waals surface area (Å²) >= 11 is 0. The van der Waals surface area contributed by atoms with Crippen molar-refractivity contribution in [2.45, 2.75) is 285 Å². The quantitative estimate of drug-likeness (QED) is 0.0207. The molecule has 3 saturated heterocycles. The Labute approximate surface area is 519 Å². The van der Waals surface area contributed by atoms with Crippen LogP contribution in [-0.4, -0.2) is 193 Å². The topological polar surface area (TPSA) is 307 Å². The van der Waals surface area contributed by atoms with Crippen molar-refractivity contribution in [1.82, 2.24) is 5.32 Å². The van der Waals surface area contributed by atoms with Gasteiger partial charge in [0, 0.05) is 6.42 Å². The highest BCUT2D eigenvalue weighted by Gasteiger charge is 2.53. The molecular formula is C68H113NO18. The van der Waals surface area contributed by atoms with Crippen LogP contribution in [0.5, 0.6) is 0 Å². The first-order valence-corrected chi connectivity index (χ1v) is 32.6. The summed E-state index contributed by atoms with van der Waals surface area (Å²) in [5.41, 5.74) is 0. The first kappa shape index (κ1) is 77.7. The van der Waals surface area contributed by atoms with Crippen molar-refractivity contribution in [3.63, 3.8) is 0 Å². The van der Waals surface area contributed by atoms with Crippen LogP contribution in [0.15, 0.2) is 109 Å². The van der Waals surface area contributed by atoms with Gasteiger partial charge in [-0.2, -0.15) is 0 Å². The molecule has 498 valence electrons. The number of nitrogens with one attached hydrogen (secondary N) is 1. The van der Waals surface area contributed by atoms with Gasteiger partial charge in [-0.25, -0.2) is 0 Å². The van der Waals surface area contributed by atoms with E-state index in [2.05, 4.69) is 116 Å². The van der Waals surface area contributed by atoms with Gasteiger partial charge in [-0.05, 0) is 89.9 Å². The Morgan fingerprint density at radius 1 is 0.425 bits per heavy atom. The van der Waals surface area contributed by atoms with Gasteiger partial charge in [0.15, 0.2) is 18.9 Å². The zero-order chi connectivity index (χ0) is 63.3. The Balaban J connectivity index is 1.39. The van der Waals surface area contributed by atoms with Crippen molar-refractivity contribution < 1.29 is 89.4 Å². The molecule has 0 saturated carbocycles. The number of aliphatic hydroxyl groups is 11. The van der Waals surface area contributed by atoms with Gasteiger partial charge in [-0.15, -0.1) is 0 Å². The number of rotatable bonds is 47. The highest BCUT2D eigenvalue weighted by molar-refractivity contribution is 5.76. The Kier molecular flexibility index (Phi) is 43.9. The maximum absolute atomic E-state index is 13.3. The second-order valence-electron chi connectivity index (χ2n) is 22.8. The lowest BCUT2D eigenvalue weighted by Crippen LogP contribution is -2.66. The molecule has 0 radical (unpaired) electrons. The number of allylic oxidation sites excluding steroid dienone is 17. The molecular weight excluding hydrogens is 1120 g/mol. The van der Waals surface area contributed by atoms with Crippen molar-refractivity contribution in [3.05, 3.63) is 109 Å². The van der Waals surface area contributed by atoms with Crippen LogP contribution in [-0.2, 0) is 33.2 Å². The average molecular weight is 1230 g/mol. The molecule has 19 nitrogen and oxygen atoms in total. The number of amides is 1. The minimum Gasteiger partial charge on any atom is -0.394 e. The minimum absolute atomic E-state index is 0.222. The second-order valence-corrected chi connectivity index (χ2v) is 22.8. The Hall–Kier alpha value is -3.55. The molecule has 87 heavy (non-hydrogen) atoms. The third-order valence-corrected chi connectivity index (χ3v) is 15.5. The van der Waals surface area contributed by atoms with E-state index < -0.39 is 124 Å². The van der Waals surface area contributed by atoms with E-state index in [0.717, 1.165) is 103 Å². The van der Waals surface area contributed by atoms with Gasteiger partial charge in [-0.1, -0.05) is 194 Å². The van der Waals surface area contributed by atoms with Crippen LogP contribution in [0.3, 0.4) is 0 Å². The molecule has 3 aliphatic heterocycles. The molecule has 3 heterocycles. The molecule has 0 aromatic rings. The number of hydrogen-bond donors (Lipinski definition) is 12. The van der Waals surface area contributed by atoms with Gasteiger partial charge in [0.25, 0.3) is 0 Å². The lowest BCUT2D eigenvalue weighted by atomic mass is 9.96. The van der Waals surface area contributed by atoms with Crippen LogP contribution in [0.4, 0.5) is 0 Å². The summed E-state index contributed by atoms with van der Waals surface area (Å²) in [6, 6.07) is -1.00. The van der Waals surface area contributed by atoms with Crippen molar-refractivity contribution >= 4 is 5.91 Å². The van der Waals surface area contributed by atoms with Crippen molar-refractivity contribution in [2.75, 3.05) is 26.4 Å². The summed E-state index contributed by atoms with van der Waals surface area (Å²) in [4.78, 5) is 13.3. The lowest BCUT2D eigenvalue weighted by molar-refractivity contribution is -0.379. The van der Waals surface area contributed by atoms with Crippen LogP contribution in [0.1, 0.15) is 181 Å². The van der Waals surface area contributed by atoms with E-state index in [-0.39, 0.29) is 18.9 Å². The zero-order valence-electron chi connectivity index (χ0n) is 52.2. The lowest BCUT2D eigenvalue weighted by Gasteiger charge is -2.48. The highest BCUT2D eigenvalue weighted by atomic mass is 16.8. The van der Waals surface area contributed by atoms with Crippen molar-refractivity contribution in [2.24, 2.45) is 0 Å². The van der Waals surface area contributed by atoms with Crippen LogP contribution in [0.2, 0.25) is 0 Å². The predicted octanol–water partition coefficient (Wildman–Crippen LogP) is 7.49. The molecule has 0 aliphatic carbocycles. The van der Waals surface area contributed by atoms with E-state index in [1.165, 1.54) is 44.9 Å². The average Bonchev–Trinajstić information content (AvgIpc) is 3.71. The monoisotopic (exact) mass is 1230 g/mol. The van der Waals surface area contributed by atoms with Crippen LogP contribution in [0.25, 0.3) is 0 Å². The van der Waals surface area contributed by atoms with Gasteiger partial charge in [0.1, 0.15) is 73.2 Å². The van der Waals surface area contributed by atoms with E-state index >= 15 is 0 Å². The largest absolute Gasteiger partial charge is 0.394 e. The molecule has 1 amide bonds. The highest BCUT2D eigenvalue weighted by Crippen LogP contribution is 2.33. The summed E-state index contributed by atoms with van der Waals surface area (Å²) in [5, 5.41) is 120. The van der Waals surface area contributed by atoms with Crippen LogP contribution >= 0.6 is 0 Å². The van der Waals surface area contributed by atoms with E-state index in [1.807, 2.05) is 6.08 Å². The fourth-order valence-corrected chi connectivity index (χ4v) is 10.2. The zero-order valence-corrected chi connectivity index (χ0v) is 52.2. The number of ether oxygens (including phenoxy) is 6. The molecule has 17 unspecified atom stereocenters. The smallest absolute Gasteiger partial charge is 0.220 e. The minimum atomic E-state index is -1.99. The van der Waals surface area contributed by atoms with Gasteiger partial charge in [0.2, 0.25) is 5.91 Å². The summed E-state index contributed by atoms with van der Waals surface area (Å²) < 4.78 is 34.2. The molecule has 0 aromatic heterocycles. The SMILES string of the molecule is CC/C=C\C/C=C\C/C=C\C/C=C\C/C=C\C/C=C\CCCCCCCCCCCCCCC(=O)NC(COC1OC(CO)C(OC2OC(CO)C(OC3OC(CO)C(O)C(O)C3O)C(O)C2O)C(O)C1O)C(O)/C=C/CC/C=C/CC/C=C/CCC. The predicted molar refractivity (Wildman–Crippen MR) is 337 cm³/mol. The van der Waals surface area contributed by atoms with E-state index in [1.54, 1.807) is 6.08 Å². The van der Waals surface area contributed by atoms with Gasteiger partial charge in [0.05, 0.1) is 38.6 Å². The Morgan fingerprint density at radius 3 is 1.28 bits per heavy atom. The molecule has 0 bridgehead atoms. The number of carbonyl (C=O) groups excluding carboxylic acids is 1. The first-order valence-electron chi connectivity index (χ1n) is 32.6. The van der Waals surface area contributed by atoms with Gasteiger partial charge < -0.3 is 89.9 Å². The molecule has 19 heteroatoms. The Bertz CT molecular complexity index is 2000. The third-order valence-electron chi connectivity index (χ3n) is 15.5. The number of aliphatic hydroxyl groups excluding tert-OH is 11. The molecule has 12 N–H and O–H groups in total. The molecule has 3 fully saturated rings. The summed E-state index contributed by atoms with van der Waals surface area (Å²) in [5.74, 6) is -0.300. The fraction of sp³-hybridized carbons (Fsp3) is 0.721. The van der Waals surface area contributed by atoms with Crippen LogP contribution in [0, 0.1) is 0 Å². The van der Waals surface area contributed by atoms with Gasteiger partial charge >= 0.3 is 0 Å². The van der Waals surface area contributed by atoms with E-state index in [9.17, 15) is 61.0 Å². The number of unbranched alkanes of at least 4 members (excludes halogenated alkanes) is 15. The molecule has 3 aliphatic rings. The normalized spacial score (nSPS) is 29.3. The molecule has 3 rings (SSSR count). The third kappa shape index (κ3) is 31.8.